The highest BCUT2D eigenvalue weighted by atomic mass is 35.5. The predicted octanol–water partition coefficient (Wildman–Crippen LogP) is 3.50. The van der Waals surface area contributed by atoms with Crippen molar-refractivity contribution < 1.29 is 23.8 Å². The molecule has 3 N–H and O–H groups in total. The Morgan fingerprint density at radius 1 is 1.10 bits per heavy atom. The summed E-state index contributed by atoms with van der Waals surface area (Å²) in [6, 6.07) is 17.4. The molecule has 0 radical (unpaired) electrons. The number of benzene rings is 2. The molecule has 39 heavy (non-hydrogen) atoms. The van der Waals surface area contributed by atoms with Crippen LogP contribution < -0.4 is 20.9 Å². The van der Waals surface area contributed by atoms with Crippen LogP contribution in [0.25, 0.3) is 0 Å². The van der Waals surface area contributed by atoms with Crippen molar-refractivity contribution in [2.75, 3.05) is 18.5 Å². The lowest BCUT2D eigenvalue weighted by Gasteiger charge is -2.17. The number of anilines is 2. The van der Waals surface area contributed by atoms with Crippen molar-refractivity contribution in [2.45, 2.75) is 18.7 Å². The minimum Gasteiger partial charge on any atom is -0.439 e. The fraction of sp³-hybridized carbons (Fsp3) is 0.185. The van der Waals surface area contributed by atoms with Gasteiger partial charge in [-0.1, -0.05) is 29.8 Å². The van der Waals surface area contributed by atoms with Crippen molar-refractivity contribution in [3.05, 3.63) is 105 Å². The lowest BCUT2D eigenvalue weighted by Crippen LogP contribution is -2.44. The summed E-state index contributed by atoms with van der Waals surface area (Å²) in [7, 11) is 0. The van der Waals surface area contributed by atoms with Gasteiger partial charge in [-0.15, -0.1) is 0 Å². The molecule has 1 amide bonds. The Hall–Kier alpha value is -4.32. The average molecular weight is 552 g/mol. The highest BCUT2D eigenvalue weighted by Crippen LogP contribution is 2.23. The van der Waals surface area contributed by atoms with Crippen molar-refractivity contribution in [1.29, 1.82) is 0 Å². The van der Waals surface area contributed by atoms with E-state index in [9.17, 15) is 19.1 Å². The monoisotopic (exact) mass is 551 g/mol. The molecule has 1 aliphatic heterocycles. The third-order valence-corrected chi connectivity index (χ3v) is 6.15. The number of hydrogen-bond acceptors (Lipinski definition) is 8. The highest BCUT2D eigenvalue weighted by Gasteiger charge is 2.29. The van der Waals surface area contributed by atoms with Crippen LogP contribution in [0.1, 0.15) is 15.9 Å². The maximum atomic E-state index is 13.3. The summed E-state index contributed by atoms with van der Waals surface area (Å²) in [6.45, 7) is 0.526. The summed E-state index contributed by atoms with van der Waals surface area (Å²) in [6.07, 6.45) is 0.555. The van der Waals surface area contributed by atoms with E-state index >= 15 is 0 Å². The molecule has 0 unspecified atom stereocenters. The molecule has 3 heterocycles. The third kappa shape index (κ3) is 6.58. The lowest BCUT2D eigenvalue weighted by atomic mass is 10.2. The number of hydrogen-bond donors (Lipinski definition) is 3. The molecule has 12 heteroatoms. The van der Waals surface area contributed by atoms with Crippen molar-refractivity contribution >= 4 is 29.1 Å². The molecule has 2 atom stereocenters. The van der Waals surface area contributed by atoms with E-state index in [0.717, 1.165) is 5.56 Å². The second-order valence-electron chi connectivity index (χ2n) is 8.77. The SMILES string of the molecule is O=C(N[C@H]1COC[C@@H]1O)c1cn(Cc2ccc(Cl)cc2)c(Nc2ccc(Oc3cccc(F)n3)cc2)nc1=O. The molecular formula is C27H23ClFN5O5. The number of carbonyl (C=O) groups excluding carboxylic acids is 1. The van der Waals surface area contributed by atoms with Crippen LogP contribution in [-0.4, -0.2) is 50.9 Å². The van der Waals surface area contributed by atoms with E-state index in [2.05, 4.69) is 20.6 Å². The van der Waals surface area contributed by atoms with E-state index in [4.69, 9.17) is 21.1 Å². The predicted molar refractivity (Wildman–Crippen MR) is 141 cm³/mol. The molecule has 0 aliphatic carbocycles. The summed E-state index contributed by atoms with van der Waals surface area (Å²) in [4.78, 5) is 33.5. The number of aliphatic hydroxyl groups is 1. The Kier molecular flexibility index (Phi) is 7.82. The molecule has 5 rings (SSSR count). The van der Waals surface area contributed by atoms with Crippen LogP contribution in [0.5, 0.6) is 11.6 Å². The number of nitrogens with one attached hydrogen (secondary N) is 2. The smallest absolute Gasteiger partial charge is 0.287 e. The Labute approximate surface area is 227 Å². The van der Waals surface area contributed by atoms with E-state index in [1.807, 2.05) is 12.1 Å². The summed E-state index contributed by atoms with van der Waals surface area (Å²) < 4.78 is 25.7. The first-order valence-corrected chi connectivity index (χ1v) is 12.3. The number of halogens is 2. The zero-order chi connectivity index (χ0) is 27.4. The first-order chi connectivity index (χ1) is 18.8. The van der Waals surface area contributed by atoms with Gasteiger partial charge in [0.25, 0.3) is 11.5 Å². The van der Waals surface area contributed by atoms with Crippen LogP contribution in [0.3, 0.4) is 0 Å². The number of pyridine rings is 1. The number of carbonyl (C=O) groups is 1. The Bertz CT molecular complexity index is 1530. The maximum absolute atomic E-state index is 13.3. The normalized spacial score (nSPS) is 16.6. The zero-order valence-electron chi connectivity index (χ0n) is 20.4. The van der Waals surface area contributed by atoms with Crippen molar-refractivity contribution in [2.24, 2.45) is 0 Å². The van der Waals surface area contributed by atoms with E-state index in [-0.39, 0.29) is 37.2 Å². The van der Waals surface area contributed by atoms with E-state index in [1.54, 1.807) is 41.0 Å². The van der Waals surface area contributed by atoms with Gasteiger partial charge in [0.1, 0.15) is 11.3 Å². The molecule has 200 valence electrons. The molecule has 0 spiro atoms. The van der Waals surface area contributed by atoms with Gasteiger partial charge < -0.3 is 29.8 Å². The molecular weight excluding hydrogens is 529 g/mol. The minimum absolute atomic E-state index is 0.107. The zero-order valence-corrected chi connectivity index (χ0v) is 21.1. The number of aliphatic hydroxyl groups excluding tert-OH is 1. The lowest BCUT2D eigenvalue weighted by molar-refractivity contribution is 0.0884. The molecule has 2 aromatic heterocycles. The van der Waals surface area contributed by atoms with Gasteiger partial charge in [0.15, 0.2) is 0 Å². The van der Waals surface area contributed by atoms with Gasteiger partial charge in [-0.2, -0.15) is 14.4 Å². The molecule has 1 aliphatic rings. The largest absolute Gasteiger partial charge is 0.439 e. The molecule has 0 bridgehead atoms. The molecule has 1 saturated heterocycles. The standard InChI is InChI=1S/C27H23ClFN5O5/c28-17-6-4-16(5-7-17)12-34-13-20(25(36)31-21-14-38-15-22(21)35)26(37)33-27(34)30-18-8-10-19(11-9-18)39-24-3-1-2-23(29)32-24/h1-11,13,21-22,35H,12,14-15H2,(H,31,36)(H,30,33,37)/t21-,22-/m0/s1. The van der Waals surface area contributed by atoms with Gasteiger partial charge in [0.05, 0.1) is 31.9 Å². The van der Waals surface area contributed by atoms with Crippen molar-refractivity contribution in [1.82, 2.24) is 19.9 Å². The minimum atomic E-state index is -0.859. The van der Waals surface area contributed by atoms with Gasteiger partial charge in [-0.3, -0.25) is 9.59 Å². The van der Waals surface area contributed by atoms with Crippen LogP contribution in [-0.2, 0) is 11.3 Å². The van der Waals surface area contributed by atoms with Gasteiger partial charge in [-0.05, 0) is 48.0 Å². The Morgan fingerprint density at radius 3 is 2.56 bits per heavy atom. The first kappa shape index (κ1) is 26.3. The number of nitrogens with zero attached hydrogens (tertiary/aromatic N) is 3. The molecule has 1 fully saturated rings. The van der Waals surface area contributed by atoms with Crippen LogP contribution in [0.4, 0.5) is 16.0 Å². The van der Waals surface area contributed by atoms with Crippen molar-refractivity contribution in [3.63, 3.8) is 0 Å². The van der Waals surface area contributed by atoms with Crippen molar-refractivity contribution in [3.8, 4) is 11.6 Å². The number of aromatic nitrogens is 3. The third-order valence-electron chi connectivity index (χ3n) is 5.90. The molecule has 0 saturated carbocycles. The Balaban J connectivity index is 1.40. The van der Waals surface area contributed by atoms with Crippen LogP contribution in [0.2, 0.25) is 5.02 Å². The van der Waals surface area contributed by atoms with Crippen LogP contribution in [0.15, 0.2) is 77.7 Å². The van der Waals surface area contributed by atoms with Crippen LogP contribution in [0, 0.1) is 5.95 Å². The van der Waals surface area contributed by atoms with E-state index < -0.39 is 29.6 Å². The quantitative estimate of drug-likeness (QED) is 0.284. The van der Waals surface area contributed by atoms with E-state index in [0.29, 0.717) is 16.5 Å². The molecule has 2 aromatic carbocycles. The number of rotatable bonds is 8. The number of ether oxygens (including phenoxy) is 2. The topological polar surface area (TPSA) is 128 Å². The average Bonchev–Trinajstić information content (AvgIpc) is 3.32. The fourth-order valence-corrected chi connectivity index (χ4v) is 4.01. The second kappa shape index (κ2) is 11.6. The fourth-order valence-electron chi connectivity index (χ4n) is 3.88. The van der Waals surface area contributed by atoms with Gasteiger partial charge in [-0.25, -0.2) is 0 Å². The van der Waals surface area contributed by atoms with Gasteiger partial charge >= 0.3 is 0 Å². The highest BCUT2D eigenvalue weighted by molar-refractivity contribution is 6.30. The van der Waals surface area contributed by atoms with E-state index in [1.165, 1.54) is 24.4 Å². The maximum Gasteiger partial charge on any atom is 0.287 e. The van der Waals surface area contributed by atoms with Gasteiger partial charge in [0.2, 0.25) is 17.8 Å². The summed E-state index contributed by atoms with van der Waals surface area (Å²) in [5.41, 5.74) is 0.507. The number of amides is 1. The molecule has 4 aromatic rings. The van der Waals surface area contributed by atoms with Gasteiger partial charge in [0, 0.05) is 23.0 Å². The second-order valence-corrected chi connectivity index (χ2v) is 9.21. The first-order valence-electron chi connectivity index (χ1n) is 11.9. The Morgan fingerprint density at radius 2 is 1.87 bits per heavy atom. The molecule has 10 nitrogen and oxygen atoms in total. The van der Waals surface area contributed by atoms with Crippen LogP contribution >= 0.6 is 11.6 Å². The summed E-state index contributed by atoms with van der Waals surface area (Å²) in [5.74, 6) is -0.586. The summed E-state index contributed by atoms with van der Waals surface area (Å²) in [5, 5.41) is 16.3. The summed E-state index contributed by atoms with van der Waals surface area (Å²) >= 11 is 6.02.